The highest BCUT2D eigenvalue weighted by Crippen LogP contribution is 2.28. The smallest absolute Gasteiger partial charge is 0.161 e. The highest BCUT2D eigenvalue weighted by atomic mass is 16.5. The molecule has 0 spiro atoms. The van der Waals surface area contributed by atoms with Crippen molar-refractivity contribution in [3.05, 3.63) is 41.5 Å². The van der Waals surface area contributed by atoms with Gasteiger partial charge in [0.2, 0.25) is 0 Å². The summed E-state index contributed by atoms with van der Waals surface area (Å²) in [6.45, 7) is 4.77. The second-order valence-electron chi connectivity index (χ2n) is 4.10. The molecule has 0 aliphatic carbocycles. The molecule has 0 aliphatic rings. The molecule has 0 aliphatic heterocycles. The molecular formula is C13H18N4O. The van der Waals surface area contributed by atoms with Crippen molar-refractivity contribution in [2.24, 2.45) is 5.73 Å². The van der Waals surface area contributed by atoms with Crippen LogP contribution >= 0.6 is 0 Å². The lowest BCUT2D eigenvalue weighted by atomic mass is 10.1. The SMILES string of the molecule is CCn1ncc(OC)c1C(N)c1ncccc1C. The maximum absolute atomic E-state index is 6.31. The first kappa shape index (κ1) is 12.6. The molecule has 2 aromatic rings. The monoisotopic (exact) mass is 246 g/mol. The lowest BCUT2D eigenvalue weighted by molar-refractivity contribution is 0.404. The van der Waals surface area contributed by atoms with Crippen LogP contribution in [0.25, 0.3) is 0 Å². The van der Waals surface area contributed by atoms with Gasteiger partial charge in [0.25, 0.3) is 0 Å². The molecule has 0 bridgehead atoms. The quantitative estimate of drug-likeness (QED) is 0.891. The highest BCUT2D eigenvalue weighted by molar-refractivity contribution is 5.36. The predicted octanol–water partition coefficient (Wildman–Crippen LogP) is 1.66. The number of hydrogen-bond acceptors (Lipinski definition) is 4. The van der Waals surface area contributed by atoms with Crippen LogP contribution in [0, 0.1) is 6.92 Å². The number of nitrogens with two attached hydrogens (primary N) is 1. The number of hydrogen-bond donors (Lipinski definition) is 1. The topological polar surface area (TPSA) is 66.0 Å². The Kier molecular flexibility index (Phi) is 3.62. The van der Waals surface area contributed by atoms with E-state index in [4.69, 9.17) is 10.5 Å². The molecule has 5 nitrogen and oxygen atoms in total. The van der Waals surface area contributed by atoms with Crippen LogP contribution in [0.4, 0.5) is 0 Å². The summed E-state index contributed by atoms with van der Waals surface area (Å²) in [4.78, 5) is 4.36. The molecule has 96 valence electrons. The van der Waals surface area contributed by atoms with E-state index in [0.29, 0.717) is 5.75 Å². The van der Waals surface area contributed by atoms with Crippen LogP contribution in [0.15, 0.2) is 24.5 Å². The number of nitrogens with zero attached hydrogens (tertiary/aromatic N) is 3. The number of aryl methyl sites for hydroxylation is 2. The summed E-state index contributed by atoms with van der Waals surface area (Å²) >= 11 is 0. The molecule has 2 N–H and O–H groups in total. The zero-order chi connectivity index (χ0) is 13.1. The Hall–Kier alpha value is -1.88. The minimum absolute atomic E-state index is 0.330. The van der Waals surface area contributed by atoms with E-state index in [2.05, 4.69) is 10.1 Å². The molecular weight excluding hydrogens is 228 g/mol. The van der Waals surface area contributed by atoms with Crippen LogP contribution in [0.5, 0.6) is 5.75 Å². The van der Waals surface area contributed by atoms with Crippen LogP contribution in [0.1, 0.15) is 29.9 Å². The first-order chi connectivity index (χ1) is 8.69. The van der Waals surface area contributed by atoms with E-state index < -0.39 is 0 Å². The number of ether oxygens (including phenoxy) is 1. The summed E-state index contributed by atoms with van der Waals surface area (Å²) in [7, 11) is 1.62. The lowest BCUT2D eigenvalue weighted by Crippen LogP contribution is -2.20. The third-order valence-electron chi connectivity index (χ3n) is 3.00. The second-order valence-corrected chi connectivity index (χ2v) is 4.10. The minimum Gasteiger partial charge on any atom is -0.493 e. The van der Waals surface area contributed by atoms with E-state index in [1.165, 1.54) is 0 Å². The first-order valence-corrected chi connectivity index (χ1v) is 5.95. The van der Waals surface area contributed by atoms with Gasteiger partial charge >= 0.3 is 0 Å². The van der Waals surface area contributed by atoms with Crippen LogP contribution in [0.2, 0.25) is 0 Å². The largest absolute Gasteiger partial charge is 0.493 e. The zero-order valence-electron chi connectivity index (χ0n) is 10.9. The molecule has 18 heavy (non-hydrogen) atoms. The zero-order valence-corrected chi connectivity index (χ0v) is 10.9. The summed E-state index contributed by atoms with van der Waals surface area (Å²) < 4.78 is 7.16. The minimum atomic E-state index is -0.330. The summed E-state index contributed by atoms with van der Waals surface area (Å²) in [6, 6.07) is 3.57. The van der Waals surface area contributed by atoms with Crippen molar-refractivity contribution >= 4 is 0 Å². The molecule has 1 atom stereocenters. The Morgan fingerprint density at radius 3 is 2.89 bits per heavy atom. The lowest BCUT2D eigenvalue weighted by Gasteiger charge is -2.16. The van der Waals surface area contributed by atoms with E-state index in [0.717, 1.165) is 23.5 Å². The maximum atomic E-state index is 6.31. The number of pyridine rings is 1. The van der Waals surface area contributed by atoms with Crippen molar-refractivity contribution in [1.82, 2.24) is 14.8 Å². The Labute approximate surface area is 107 Å². The number of aromatic nitrogens is 3. The number of rotatable bonds is 4. The summed E-state index contributed by atoms with van der Waals surface area (Å²) in [6.07, 6.45) is 3.44. The highest BCUT2D eigenvalue weighted by Gasteiger charge is 2.21. The number of methoxy groups -OCH3 is 1. The van der Waals surface area contributed by atoms with E-state index in [1.807, 2.05) is 30.7 Å². The second kappa shape index (κ2) is 5.18. The Balaban J connectivity index is 2.48. The Morgan fingerprint density at radius 1 is 1.50 bits per heavy atom. The molecule has 0 fully saturated rings. The van der Waals surface area contributed by atoms with Crippen molar-refractivity contribution in [3.63, 3.8) is 0 Å². The van der Waals surface area contributed by atoms with Gasteiger partial charge < -0.3 is 10.5 Å². The molecule has 2 rings (SSSR count). The summed E-state index contributed by atoms with van der Waals surface area (Å²) in [5.41, 5.74) is 9.09. The molecule has 0 radical (unpaired) electrons. The normalized spacial score (nSPS) is 12.4. The molecule has 0 aromatic carbocycles. The van der Waals surface area contributed by atoms with Crippen LogP contribution in [-0.2, 0) is 6.54 Å². The summed E-state index contributed by atoms with van der Waals surface area (Å²) in [5.74, 6) is 0.703. The fraction of sp³-hybridized carbons (Fsp3) is 0.385. The molecule has 1 unspecified atom stereocenters. The van der Waals surface area contributed by atoms with Gasteiger partial charge in [-0.05, 0) is 25.5 Å². The van der Waals surface area contributed by atoms with E-state index in [-0.39, 0.29) is 6.04 Å². The van der Waals surface area contributed by atoms with Crippen molar-refractivity contribution < 1.29 is 4.74 Å². The Morgan fingerprint density at radius 2 is 2.28 bits per heavy atom. The van der Waals surface area contributed by atoms with E-state index in [9.17, 15) is 0 Å². The van der Waals surface area contributed by atoms with Gasteiger partial charge in [-0.2, -0.15) is 5.10 Å². The fourth-order valence-corrected chi connectivity index (χ4v) is 2.05. The molecule has 2 heterocycles. The summed E-state index contributed by atoms with van der Waals surface area (Å²) in [5, 5.41) is 4.27. The van der Waals surface area contributed by atoms with Crippen LogP contribution in [0.3, 0.4) is 0 Å². The molecule has 2 aromatic heterocycles. The van der Waals surface area contributed by atoms with Crippen LogP contribution in [-0.4, -0.2) is 21.9 Å². The van der Waals surface area contributed by atoms with Gasteiger partial charge in [0.15, 0.2) is 5.75 Å². The van der Waals surface area contributed by atoms with Crippen molar-refractivity contribution in [3.8, 4) is 5.75 Å². The van der Waals surface area contributed by atoms with Crippen molar-refractivity contribution in [1.29, 1.82) is 0 Å². The average Bonchev–Trinajstić information content (AvgIpc) is 2.81. The van der Waals surface area contributed by atoms with Gasteiger partial charge in [-0.15, -0.1) is 0 Å². The van der Waals surface area contributed by atoms with Gasteiger partial charge in [0, 0.05) is 12.7 Å². The van der Waals surface area contributed by atoms with Gasteiger partial charge in [0.1, 0.15) is 5.69 Å². The van der Waals surface area contributed by atoms with Gasteiger partial charge in [-0.3, -0.25) is 9.67 Å². The molecule has 0 saturated heterocycles. The van der Waals surface area contributed by atoms with E-state index >= 15 is 0 Å². The first-order valence-electron chi connectivity index (χ1n) is 5.95. The van der Waals surface area contributed by atoms with E-state index in [1.54, 1.807) is 19.5 Å². The fourth-order valence-electron chi connectivity index (χ4n) is 2.05. The third kappa shape index (κ3) is 2.09. The predicted molar refractivity (Wildman–Crippen MR) is 69.5 cm³/mol. The average molecular weight is 246 g/mol. The van der Waals surface area contributed by atoms with Gasteiger partial charge in [0.05, 0.1) is 25.0 Å². The van der Waals surface area contributed by atoms with Gasteiger partial charge in [-0.1, -0.05) is 6.07 Å². The van der Waals surface area contributed by atoms with Crippen LogP contribution < -0.4 is 10.5 Å². The van der Waals surface area contributed by atoms with Crippen molar-refractivity contribution in [2.45, 2.75) is 26.4 Å². The standard InChI is InChI=1S/C13H18N4O/c1-4-17-13(10(18-3)8-16-17)11(14)12-9(2)6-5-7-15-12/h5-8,11H,4,14H2,1-3H3. The Bertz CT molecular complexity index is 514. The van der Waals surface area contributed by atoms with Crippen molar-refractivity contribution in [2.75, 3.05) is 7.11 Å². The molecule has 0 amide bonds. The van der Waals surface area contributed by atoms with Gasteiger partial charge in [-0.25, -0.2) is 0 Å². The molecule has 0 saturated carbocycles. The molecule has 5 heteroatoms. The third-order valence-corrected chi connectivity index (χ3v) is 3.00. The maximum Gasteiger partial charge on any atom is 0.161 e.